The number of H-pyrrole nitrogens is 1. The molecule has 116 valence electrons. The van der Waals surface area contributed by atoms with Crippen LogP contribution in [0.1, 0.15) is 46.1 Å². The van der Waals surface area contributed by atoms with Crippen molar-refractivity contribution in [2.75, 3.05) is 0 Å². The van der Waals surface area contributed by atoms with E-state index in [-0.39, 0.29) is 11.8 Å². The van der Waals surface area contributed by atoms with Gasteiger partial charge in [0, 0.05) is 22.9 Å². The number of hydrogen-bond acceptors (Lipinski definition) is 4. The van der Waals surface area contributed by atoms with E-state index in [1.54, 1.807) is 11.3 Å². The van der Waals surface area contributed by atoms with Crippen molar-refractivity contribution in [3.63, 3.8) is 0 Å². The van der Waals surface area contributed by atoms with Crippen LogP contribution in [0, 0.1) is 5.92 Å². The number of fused-ring (bicyclic) bond motifs is 2. The number of aromatic amines is 1. The van der Waals surface area contributed by atoms with Gasteiger partial charge in [0.1, 0.15) is 5.01 Å². The Morgan fingerprint density at radius 1 is 1.36 bits per heavy atom. The number of amides is 1. The van der Waals surface area contributed by atoms with Gasteiger partial charge in [0.25, 0.3) is 0 Å². The van der Waals surface area contributed by atoms with Crippen LogP contribution in [0.15, 0.2) is 6.20 Å². The molecule has 1 unspecified atom stereocenters. The molecule has 0 saturated heterocycles. The number of aryl methyl sites for hydroxylation is 3. The van der Waals surface area contributed by atoms with Gasteiger partial charge in [-0.1, -0.05) is 0 Å². The first-order valence-electron chi connectivity index (χ1n) is 8.06. The van der Waals surface area contributed by atoms with E-state index >= 15 is 0 Å². The number of carbonyl (C=O) groups excluding carboxylic acids is 1. The molecule has 0 bridgehead atoms. The minimum atomic E-state index is 0.0579. The maximum Gasteiger partial charge on any atom is 0.223 e. The average molecular weight is 316 g/mol. The predicted molar refractivity (Wildman–Crippen MR) is 84.7 cm³/mol. The summed E-state index contributed by atoms with van der Waals surface area (Å²) in [6, 6.07) is 0. The summed E-state index contributed by atoms with van der Waals surface area (Å²) in [6.45, 7) is 0.572. The van der Waals surface area contributed by atoms with Crippen LogP contribution in [-0.2, 0) is 37.0 Å². The van der Waals surface area contributed by atoms with Gasteiger partial charge >= 0.3 is 0 Å². The molecule has 2 aromatic heterocycles. The van der Waals surface area contributed by atoms with E-state index in [2.05, 4.69) is 20.5 Å². The molecular formula is C16H20N4OS. The van der Waals surface area contributed by atoms with Crippen molar-refractivity contribution in [2.24, 2.45) is 5.92 Å². The monoisotopic (exact) mass is 316 g/mol. The quantitative estimate of drug-likeness (QED) is 0.911. The highest BCUT2D eigenvalue weighted by atomic mass is 32.1. The standard InChI is InChI=1S/C16H20N4OS/c21-16(10-5-6-11-8-18-20-13(11)7-10)17-9-15-19-12-3-1-2-4-14(12)22-15/h8,10H,1-7,9H2,(H,17,21)(H,18,20). The summed E-state index contributed by atoms with van der Waals surface area (Å²) in [7, 11) is 0. The molecule has 2 aliphatic carbocycles. The molecule has 1 amide bonds. The summed E-state index contributed by atoms with van der Waals surface area (Å²) in [5.74, 6) is 0.205. The second-order valence-electron chi connectivity index (χ2n) is 6.22. The highest BCUT2D eigenvalue weighted by molar-refractivity contribution is 7.11. The number of carbonyl (C=O) groups is 1. The third-order valence-electron chi connectivity index (χ3n) is 4.69. The van der Waals surface area contributed by atoms with E-state index in [1.807, 2.05) is 6.20 Å². The zero-order valence-corrected chi connectivity index (χ0v) is 13.3. The van der Waals surface area contributed by atoms with Crippen LogP contribution in [-0.4, -0.2) is 21.1 Å². The lowest BCUT2D eigenvalue weighted by Crippen LogP contribution is -2.33. The van der Waals surface area contributed by atoms with Crippen LogP contribution in [0.4, 0.5) is 0 Å². The summed E-state index contributed by atoms with van der Waals surface area (Å²) < 4.78 is 0. The van der Waals surface area contributed by atoms with Crippen LogP contribution < -0.4 is 5.32 Å². The van der Waals surface area contributed by atoms with Gasteiger partial charge in [-0.25, -0.2) is 4.98 Å². The molecular weight excluding hydrogens is 296 g/mol. The molecule has 2 aliphatic rings. The van der Waals surface area contributed by atoms with Crippen LogP contribution >= 0.6 is 11.3 Å². The van der Waals surface area contributed by atoms with Gasteiger partial charge < -0.3 is 5.32 Å². The lowest BCUT2D eigenvalue weighted by Gasteiger charge is -2.20. The van der Waals surface area contributed by atoms with Crippen molar-refractivity contribution in [3.05, 3.63) is 33.0 Å². The van der Waals surface area contributed by atoms with Crippen molar-refractivity contribution in [3.8, 4) is 0 Å². The molecule has 0 aromatic carbocycles. The normalized spacial score (nSPS) is 20.3. The summed E-state index contributed by atoms with van der Waals surface area (Å²) >= 11 is 1.77. The number of nitrogens with one attached hydrogen (secondary N) is 2. The number of rotatable bonds is 3. The Hall–Kier alpha value is -1.69. The molecule has 0 spiro atoms. The fraction of sp³-hybridized carbons (Fsp3) is 0.562. The highest BCUT2D eigenvalue weighted by Gasteiger charge is 2.26. The Morgan fingerprint density at radius 3 is 3.18 bits per heavy atom. The third kappa shape index (κ3) is 2.67. The molecule has 4 rings (SSSR count). The van der Waals surface area contributed by atoms with Crippen LogP contribution in [0.5, 0.6) is 0 Å². The second-order valence-corrected chi connectivity index (χ2v) is 7.38. The van der Waals surface area contributed by atoms with Crippen molar-refractivity contribution in [1.29, 1.82) is 0 Å². The van der Waals surface area contributed by atoms with Gasteiger partial charge in [-0.15, -0.1) is 11.3 Å². The number of nitrogens with zero attached hydrogens (tertiary/aromatic N) is 2. The molecule has 0 saturated carbocycles. The first-order valence-corrected chi connectivity index (χ1v) is 8.87. The van der Waals surface area contributed by atoms with Crippen LogP contribution in [0.2, 0.25) is 0 Å². The van der Waals surface area contributed by atoms with Crippen molar-refractivity contribution >= 4 is 17.2 Å². The van der Waals surface area contributed by atoms with Crippen molar-refractivity contribution in [1.82, 2.24) is 20.5 Å². The Morgan fingerprint density at radius 2 is 2.27 bits per heavy atom. The number of hydrogen-bond donors (Lipinski definition) is 2. The molecule has 2 aromatic rings. The SMILES string of the molecule is O=C(NCc1nc2c(s1)CCCC2)C1CCc2cn[nH]c2C1. The third-order valence-corrected chi connectivity index (χ3v) is 5.85. The largest absolute Gasteiger partial charge is 0.349 e. The molecule has 2 N–H and O–H groups in total. The first-order chi connectivity index (χ1) is 10.8. The molecule has 2 heterocycles. The Balaban J connectivity index is 1.36. The van der Waals surface area contributed by atoms with Crippen LogP contribution in [0.3, 0.4) is 0 Å². The summed E-state index contributed by atoms with van der Waals surface area (Å²) in [5, 5.41) is 11.2. The fourth-order valence-electron chi connectivity index (χ4n) is 3.42. The zero-order valence-electron chi connectivity index (χ0n) is 12.5. The average Bonchev–Trinajstić information content (AvgIpc) is 3.17. The molecule has 0 aliphatic heterocycles. The van der Waals surface area contributed by atoms with Gasteiger partial charge in [0.05, 0.1) is 18.4 Å². The predicted octanol–water partition coefficient (Wildman–Crippen LogP) is 2.17. The lowest BCUT2D eigenvalue weighted by molar-refractivity contribution is -0.125. The highest BCUT2D eigenvalue weighted by Crippen LogP contribution is 2.27. The number of thiazole rings is 1. The molecule has 22 heavy (non-hydrogen) atoms. The molecule has 0 fully saturated rings. The number of aromatic nitrogens is 3. The fourth-order valence-corrected chi connectivity index (χ4v) is 4.52. The second kappa shape index (κ2) is 5.83. The Kier molecular flexibility index (Phi) is 3.70. The first kappa shape index (κ1) is 13.9. The van der Waals surface area contributed by atoms with Gasteiger partial charge in [-0.05, 0) is 44.1 Å². The maximum atomic E-state index is 12.4. The van der Waals surface area contributed by atoms with Gasteiger partial charge in [0.2, 0.25) is 5.91 Å². The van der Waals surface area contributed by atoms with E-state index in [1.165, 1.54) is 29.0 Å². The molecule has 5 nitrogen and oxygen atoms in total. The maximum absolute atomic E-state index is 12.4. The molecule has 1 atom stereocenters. The van der Waals surface area contributed by atoms with Crippen molar-refractivity contribution < 1.29 is 4.79 Å². The van der Waals surface area contributed by atoms with Crippen molar-refractivity contribution in [2.45, 2.75) is 51.5 Å². The summed E-state index contributed by atoms with van der Waals surface area (Å²) in [4.78, 5) is 18.5. The smallest absolute Gasteiger partial charge is 0.223 e. The summed E-state index contributed by atoms with van der Waals surface area (Å²) in [5.41, 5.74) is 3.65. The Bertz CT molecular complexity index is 667. The van der Waals surface area contributed by atoms with Crippen LogP contribution in [0.25, 0.3) is 0 Å². The van der Waals surface area contributed by atoms with E-state index < -0.39 is 0 Å². The van der Waals surface area contributed by atoms with Gasteiger partial charge in [-0.2, -0.15) is 5.10 Å². The topological polar surface area (TPSA) is 70.7 Å². The van der Waals surface area contributed by atoms with E-state index in [4.69, 9.17) is 0 Å². The van der Waals surface area contributed by atoms with Gasteiger partial charge in [0.15, 0.2) is 0 Å². The Labute approximate surface area is 133 Å². The molecule has 6 heteroatoms. The van der Waals surface area contributed by atoms with Gasteiger partial charge in [-0.3, -0.25) is 9.89 Å². The van der Waals surface area contributed by atoms with E-state index in [0.29, 0.717) is 6.54 Å². The lowest BCUT2D eigenvalue weighted by atomic mass is 9.87. The zero-order chi connectivity index (χ0) is 14.9. The summed E-state index contributed by atoms with van der Waals surface area (Å²) in [6.07, 6.45) is 9.28. The minimum absolute atomic E-state index is 0.0579. The van der Waals surface area contributed by atoms with E-state index in [9.17, 15) is 4.79 Å². The molecule has 0 radical (unpaired) electrons. The van der Waals surface area contributed by atoms with E-state index in [0.717, 1.165) is 42.8 Å². The minimum Gasteiger partial charge on any atom is -0.349 e.